The van der Waals surface area contributed by atoms with E-state index in [-0.39, 0.29) is 11.5 Å². The van der Waals surface area contributed by atoms with E-state index >= 15 is 0 Å². The quantitative estimate of drug-likeness (QED) is 0.555. The van der Waals surface area contributed by atoms with Gasteiger partial charge in [-0.05, 0) is 18.6 Å². The van der Waals surface area contributed by atoms with Crippen molar-refractivity contribution >= 4 is 22.5 Å². The number of hydrogen-bond acceptors (Lipinski definition) is 5. The molecule has 4 rings (SSSR count). The molecule has 1 unspecified atom stereocenters. The van der Waals surface area contributed by atoms with E-state index in [0.717, 1.165) is 11.2 Å². The Kier molecular flexibility index (Phi) is 4.68. The molecule has 0 saturated carbocycles. The third-order valence-corrected chi connectivity index (χ3v) is 4.80. The number of aromatic nitrogens is 4. The molecule has 0 aliphatic heterocycles. The number of furan rings is 1. The van der Waals surface area contributed by atoms with Crippen molar-refractivity contribution in [2.75, 3.05) is 0 Å². The second-order valence-corrected chi connectivity index (χ2v) is 6.52. The lowest BCUT2D eigenvalue weighted by Crippen LogP contribution is -2.39. The van der Waals surface area contributed by atoms with Crippen LogP contribution in [0.15, 0.2) is 52.0 Å². The summed E-state index contributed by atoms with van der Waals surface area (Å²) in [4.78, 5) is 30.1. The van der Waals surface area contributed by atoms with Crippen LogP contribution >= 0.6 is 0 Å². The molecular weight excluding hydrogens is 358 g/mol. The largest absolute Gasteiger partial charge is 0.463 e. The summed E-state index contributed by atoms with van der Waals surface area (Å²) in [7, 11) is 0. The van der Waals surface area contributed by atoms with Crippen molar-refractivity contribution in [3.05, 3.63) is 64.7 Å². The van der Waals surface area contributed by atoms with Crippen molar-refractivity contribution in [1.29, 1.82) is 0 Å². The highest BCUT2D eigenvalue weighted by Gasteiger charge is 2.24. The van der Waals surface area contributed by atoms with Crippen LogP contribution < -0.4 is 10.9 Å². The molecule has 28 heavy (non-hydrogen) atoms. The number of nitrogens with zero attached hydrogens (tertiary/aromatic N) is 4. The maximum absolute atomic E-state index is 13.1. The highest BCUT2D eigenvalue weighted by atomic mass is 16.3. The normalized spacial score (nSPS) is 12.5. The number of fused-ring (bicyclic) bond motifs is 3. The minimum absolute atomic E-state index is 0.260. The monoisotopic (exact) mass is 379 g/mol. The number of rotatable bonds is 6. The number of carbonyl (C=O) groups is 1. The van der Waals surface area contributed by atoms with Crippen LogP contribution in [0.2, 0.25) is 0 Å². The predicted octanol–water partition coefficient (Wildman–Crippen LogP) is 2.47. The summed E-state index contributed by atoms with van der Waals surface area (Å²) in [5.41, 5.74) is 2.32. The molecule has 0 saturated heterocycles. The van der Waals surface area contributed by atoms with Crippen LogP contribution in [0.1, 0.15) is 37.8 Å². The maximum atomic E-state index is 13.1. The Bertz CT molecular complexity index is 1190. The second kappa shape index (κ2) is 7.30. The Morgan fingerprint density at radius 2 is 2.11 bits per heavy atom. The lowest BCUT2D eigenvalue weighted by molar-refractivity contribution is -0.125. The molecule has 8 nitrogen and oxygen atoms in total. The molecule has 0 aliphatic rings. The third-order valence-electron chi connectivity index (χ3n) is 4.80. The van der Waals surface area contributed by atoms with E-state index in [2.05, 4.69) is 15.4 Å². The van der Waals surface area contributed by atoms with Gasteiger partial charge in [0.1, 0.15) is 17.4 Å². The smallest absolute Gasteiger partial charge is 0.291 e. The molecule has 0 spiro atoms. The lowest BCUT2D eigenvalue weighted by atomic mass is 10.2. The van der Waals surface area contributed by atoms with Crippen molar-refractivity contribution in [3.8, 4) is 0 Å². The van der Waals surface area contributed by atoms with Crippen LogP contribution in [-0.2, 0) is 17.8 Å². The van der Waals surface area contributed by atoms with Crippen molar-refractivity contribution in [1.82, 2.24) is 24.5 Å². The molecule has 1 atom stereocenters. The summed E-state index contributed by atoms with van der Waals surface area (Å²) in [6.45, 7) is 4.12. The van der Waals surface area contributed by atoms with Gasteiger partial charge in [0.25, 0.3) is 5.56 Å². The van der Waals surface area contributed by atoms with Crippen LogP contribution in [0.4, 0.5) is 0 Å². The fraction of sp³-hybridized carbons (Fsp3) is 0.300. The number of amides is 1. The highest BCUT2D eigenvalue weighted by molar-refractivity contribution is 5.83. The molecule has 0 fully saturated rings. The van der Waals surface area contributed by atoms with E-state index in [4.69, 9.17) is 4.42 Å². The van der Waals surface area contributed by atoms with Crippen LogP contribution in [0.3, 0.4) is 0 Å². The summed E-state index contributed by atoms with van der Waals surface area (Å²) in [6, 6.07) is 8.33. The molecule has 4 heterocycles. The SMILES string of the molecule is CCc1nn(C(CC)C(=O)NCc2ccccn2)c(=O)c2cc3occc3n12. The summed E-state index contributed by atoms with van der Waals surface area (Å²) < 4.78 is 8.53. The van der Waals surface area contributed by atoms with Gasteiger partial charge in [-0.2, -0.15) is 5.10 Å². The van der Waals surface area contributed by atoms with Gasteiger partial charge in [0.05, 0.1) is 24.0 Å². The average Bonchev–Trinajstić information content (AvgIpc) is 3.31. The lowest BCUT2D eigenvalue weighted by Gasteiger charge is -2.18. The van der Waals surface area contributed by atoms with Crippen LogP contribution in [-0.4, -0.2) is 25.1 Å². The van der Waals surface area contributed by atoms with Gasteiger partial charge in [-0.3, -0.25) is 19.0 Å². The van der Waals surface area contributed by atoms with Crippen molar-refractivity contribution in [2.45, 2.75) is 39.3 Å². The van der Waals surface area contributed by atoms with E-state index in [1.165, 1.54) is 4.68 Å². The van der Waals surface area contributed by atoms with E-state index in [0.29, 0.717) is 36.3 Å². The first-order chi connectivity index (χ1) is 13.6. The molecule has 0 aromatic carbocycles. The van der Waals surface area contributed by atoms with Gasteiger partial charge in [-0.15, -0.1) is 0 Å². The molecular formula is C20H21N5O3. The van der Waals surface area contributed by atoms with E-state index in [1.54, 1.807) is 22.9 Å². The second-order valence-electron chi connectivity index (χ2n) is 6.52. The zero-order chi connectivity index (χ0) is 19.7. The zero-order valence-corrected chi connectivity index (χ0v) is 15.8. The minimum atomic E-state index is -0.701. The predicted molar refractivity (Wildman–Crippen MR) is 104 cm³/mol. The topological polar surface area (TPSA) is 94.4 Å². The Hall–Kier alpha value is -3.42. The van der Waals surface area contributed by atoms with Gasteiger partial charge in [-0.1, -0.05) is 19.9 Å². The van der Waals surface area contributed by atoms with Gasteiger partial charge in [0.2, 0.25) is 5.91 Å². The maximum Gasteiger partial charge on any atom is 0.291 e. The van der Waals surface area contributed by atoms with Crippen molar-refractivity contribution in [3.63, 3.8) is 0 Å². The van der Waals surface area contributed by atoms with Crippen molar-refractivity contribution < 1.29 is 9.21 Å². The first-order valence-electron chi connectivity index (χ1n) is 9.32. The molecule has 0 radical (unpaired) electrons. The molecule has 1 N–H and O–H groups in total. The number of nitrogens with one attached hydrogen (secondary N) is 1. The van der Waals surface area contributed by atoms with E-state index in [1.807, 2.05) is 38.1 Å². The van der Waals surface area contributed by atoms with Gasteiger partial charge in [0, 0.05) is 24.8 Å². The summed E-state index contributed by atoms with van der Waals surface area (Å²) in [5.74, 6) is 0.436. The highest BCUT2D eigenvalue weighted by Crippen LogP contribution is 2.21. The molecule has 4 aromatic rings. The van der Waals surface area contributed by atoms with Crippen LogP contribution in [0.5, 0.6) is 0 Å². The zero-order valence-electron chi connectivity index (χ0n) is 15.8. The van der Waals surface area contributed by atoms with Gasteiger partial charge in [-0.25, -0.2) is 4.68 Å². The Balaban J connectivity index is 1.72. The first-order valence-corrected chi connectivity index (χ1v) is 9.32. The molecule has 0 bridgehead atoms. The molecule has 1 amide bonds. The van der Waals surface area contributed by atoms with E-state index in [9.17, 15) is 9.59 Å². The summed E-state index contributed by atoms with van der Waals surface area (Å²) in [5, 5.41) is 7.37. The Labute approximate surface area is 160 Å². The van der Waals surface area contributed by atoms with Gasteiger partial charge in [0.15, 0.2) is 5.58 Å². The van der Waals surface area contributed by atoms with E-state index < -0.39 is 6.04 Å². The molecule has 0 aliphatic carbocycles. The third kappa shape index (κ3) is 2.96. The van der Waals surface area contributed by atoms with Crippen LogP contribution in [0, 0.1) is 0 Å². The van der Waals surface area contributed by atoms with Crippen molar-refractivity contribution in [2.24, 2.45) is 0 Å². The first kappa shape index (κ1) is 18.0. The Morgan fingerprint density at radius 1 is 1.25 bits per heavy atom. The standard InChI is InChI=1S/C20H21N5O3/c1-3-14(19(26)22-12-13-7-5-6-9-21-13)25-20(27)16-11-17-15(8-10-28-17)24(16)18(4-2)23-25/h5-11,14H,3-4,12H2,1-2H3,(H,22,26). The number of carbonyl (C=O) groups excluding carboxylic acids is 1. The number of hydrogen-bond donors (Lipinski definition) is 1. The fourth-order valence-corrected chi connectivity index (χ4v) is 3.40. The summed E-state index contributed by atoms with van der Waals surface area (Å²) >= 11 is 0. The van der Waals surface area contributed by atoms with Gasteiger partial charge < -0.3 is 9.73 Å². The minimum Gasteiger partial charge on any atom is -0.463 e. The molecule has 4 aromatic heterocycles. The summed E-state index contributed by atoms with van der Waals surface area (Å²) in [6.07, 6.45) is 4.31. The van der Waals surface area contributed by atoms with Gasteiger partial charge >= 0.3 is 0 Å². The number of aryl methyl sites for hydroxylation is 1. The fourth-order valence-electron chi connectivity index (χ4n) is 3.40. The van der Waals surface area contributed by atoms with Crippen LogP contribution in [0.25, 0.3) is 16.6 Å². The number of pyridine rings is 1. The molecule has 144 valence electrons. The molecule has 8 heteroatoms. The Morgan fingerprint density at radius 3 is 2.82 bits per heavy atom. The average molecular weight is 379 g/mol.